The predicted molar refractivity (Wildman–Crippen MR) is 152 cm³/mol. The van der Waals surface area contributed by atoms with Gasteiger partial charge in [-0.25, -0.2) is 0 Å². The van der Waals surface area contributed by atoms with E-state index < -0.39 is 12.1 Å². The number of hydrogen-bond acceptors (Lipinski definition) is 3. The third kappa shape index (κ3) is 24.3. The number of carbonyl (C=O) groups is 1. The second-order valence-electron chi connectivity index (χ2n) is 10.2. The Morgan fingerprint density at radius 1 is 0.657 bits per heavy atom. The zero-order chi connectivity index (χ0) is 25.8. The van der Waals surface area contributed by atoms with E-state index in [2.05, 4.69) is 31.3 Å². The molecule has 4 nitrogen and oxygen atoms in total. The first-order chi connectivity index (χ1) is 17.2. The number of allylic oxidation sites excluding steroid dienone is 3. The summed E-state index contributed by atoms with van der Waals surface area (Å²) in [5.41, 5.74) is 0. The van der Waals surface area contributed by atoms with Crippen LogP contribution >= 0.6 is 0 Å². The molecule has 0 rings (SSSR count). The summed E-state index contributed by atoms with van der Waals surface area (Å²) < 4.78 is 0. The van der Waals surface area contributed by atoms with Gasteiger partial charge in [-0.2, -0.15) is 0 Å². The van der Waals surface area contributed by atoms with Crippen molar-refractivity contribution in [3.63, 3.8) is 0 Å². The first kappa shape index (κ1) is 33.9. The van der Waals surface area contributed by atoms with E-state index in [0.717, 1.165) is 32.1 Å². The van der Waals surface area contributed by atoms with Crippen LogP contribution in [0.15, 0.2) is 24.3 Å². The molecule has 0 heterocycles. The fourth-order valence-electron chi connectivity index (χ4n) is 4.31. The van der Waals surface area contributed by atoms with Crippen LogP contribution in [-0.4, -0.2) is 34.9 Å². The van der Waals surface area contributed by atoms with E-state index in [-0.39, 0.29) is 12.5 Å². The highest BCUT2D eigenvalue weighted by Crippen LogP contribution is 2.13. The summed E-state index contributed by atoms with van der Waals surface area (Å²) in [5, 5.41) is 22.6. The summed E-state index contributed by atoms with van der Waals surface area (Å²) in [6, 6.07) is -0.630. The average Bonchev–Trinajstić information content (AvgIpc) is 2.86. The Labute approximate surface area is 218 Å². The fourth-order valence-corrected chi connectivity index (χ4v) is 4.31. The van der Waals surface area contributed by atoms with Gasteiger partial charge >= 0.3 is 0 Å². The maximum Gasteiger partial charge on any atom is 0.220 e. The van der Waals surface area contributed by atoms with Gasteiger partial charge in [0, 0.05) is 6.42 Å². The Hall–Kier alpha value is -1.13. The van der Waals surface area contributed by atoms with Crippen molar-refractivity contribution in [1.29, 1.82) is 0 Å². The number of rotatable bonds is 26. The summed E-state index contributed by atoms with van der Waals surface area (Å²) in [6.07, 6.45) is 32.5. The van der Waals surface area contributed by atoms with Gasteiger partial charge in [0.05, 0.1) is 18.8 Å². The monoisotopic (exact) mass is 493 g/mol. The maximum atomic E-state index is 12.2. The Morgan fingerprint density at radius 2 is 1.11 bits per heavy atom. The van der Waals surface area contributed by atoms with Crippen molar-refractivity contribution in [3.8, 4) is 0 Å². The minimum Gasteiger partial charge on any atom is -0.394 e. The van der Waals surface area contributed by atoms with Gasteiger partial charge < -0.3 is 15.5 Å². The smallest absolute Gasteiger partial charge is 0.220 e. The van der Waals surface area contributed by atoms with Crippen LogP contribution in [-0.2, 0) is 4.79 Å². The SMILES string of the molecule is CCCCC/C=C/CC/C=C/[C@@H](O)[C@H](CO)NC(=O)CCCCCCCCCCCCCCCC. The van der Waals surface area contributed by atoms with Gasteiger partial charge in [-0.05, 0) is 32.1 Å². The molecule has 0 aliphatic heterocycles. The van der Waals surface area contributed by atoms with Gasteiger partial charge in [-0.1, -0.05) is 134 Å². The molecule has 0 aromatic rings. The second kappa shape index (κ2) is 27.5. The van der Waals surface area contributed by atoms with Crippen LogP contribution in [0.5, 0.6) is 0 Å². The maximum absolute atomic E-state index is 12.2. The molecule has 0 spiro atoms. The molecule has 4 heteroatoms. The van der Waals surface area contributed by atoms with E-state index >= 15 is 0 Å². The molecule has 0 fully saturated rings. The lowest BCUT2D eigenvalue weighted by Crippen LogP contribution is -2.45. The highest BCUT2D eigenvalue weighted by molar-refractivity contribution is 5.76. The Kier molecular flexibility index (Phi) is 26.6. The Bertz CT molecular complexity index is 503. The number of carbonyl (C=O) groups excluding carboxylic acids is 1. The fraction of sp³-hybridized carbons (Fsp3) is 0.839. The minimum absolute atomic E-state index is 0.0783. The topological polar surface area (TPSA) is 69.6 Å². The van der Waals surface area contributed by atoms with Crippen molar-refractivity contribution in [1.82, 2.24) is 5.32 Å². The molecule has 0 saturated carbocycles. The molecule has 3 N–H and O–H groups in total. The molecule has 0 saturated heterocycles. The molecule has 2 atom stereocenters. The van der Waals surface area contributed by atoms with Crippen LogP contribution in [0.4, 0.5) is 0 Å². The number of nitrogens with one attached hydrogen (secondary N) is 1. The molecule has 0 aliphatic carbocycles. The molecule has 0 unspecified atom stereocenters. The van der Waals surface area contributed by atoms with E-state index in [1.807, 2.05) is 6.08 Å². The van der Waals surface area contributed by atoms with Gasteiger partial charge in [0.2, 0.25) is 5.91 Å². The number of hydrogen-bond donors (Lipinski definition) is 3. The van der Waals surface area contributed by atoms with Crippen LogP contribution in [0.2, 0.25) is 0 Å². The van der Waals surface area contributed by atoms with Crippen LogP contribution in [0.1, 0.15) is 149 Å². The van der Waals surface area contributed by atoms with Crippen molar-refractivity contribution < 1.29 is 15.0 Å². The van der Waals surface area contributed by atoms with Gasteiger partial charge in [-0.3, -0.25) is 4.79 Å². The van der Waals surface area contributed by atoms with Crippen molar-refractivity contribution in [2.24, 2.45) is 0 Å². The molecular formula is C31H59NO3. The first-order valence-corrected chi connectivity index (χ1v) is 15.1. The molecule has 1 amide bonds. The van der Waals surface area contributed by atoms with E-state index in [1.165, 1.54) is 96.3 Å². The van der Waals surface area contributed by atoms with Crippen LogP contribution in [0, 0.1) is 0 Å². The molecule has 0 aliphatic rings. The largest absolute Gasteiger partial charge is 0.394 e. The average molecular weight is 494 g/mol. The number of unbranched alkanes of at least 4 members (excludes halogenated alkanes) is 17. The highest BCUT2D eigenvalue weighted by Gasteiger charge is 2.17. The van der Waals surface area contributed by atoms with Crippen molar-refractivity contribution >= 4 is 5.91 Å². The van der Waals surface area contributed by atoms with E-state index in [4.69, 9.17) is 0 Å². The highest BCUT2D eigenvalue weighted by atomic mass is 16.3. The Balaban J connectivity index is 3.68. The van der Waals surface area contributed by atoms with Crippen LogP contribution in [0.3, 0.4) is 0 Å². The van der Waals surface area contributed by atoms with E-state index in [1.54, 1.807) is 6.08 Å². The zero-order valence-electron chi connectivity index (χ0n) is 23.3. The standard InChI is InChI=1S/C31H59NO3/c1-3-5-7-9-11-13-14-15-16-17-19-21-23-25-27-31(35)32-29(28-33)30(34)26-24-22-20-18-12-10-8-6-4-2/h12,18,24,26,29-30,33-34H,3-11,13-17,19-23,25,27-28H2,1-2H3,(H,32,35)/b18-12+,26-24+/t29-,30+/m0/s1. The summed E-state index contributed by atoms with van der Waals surface area (Å²) >= 11 is 0. The molecule has 0 bridgehead atoms. The number of amides is 1. The number of aliphatic hydroxyl groups is 2. The molecule has 35 heavy (non-hydrogen) atoms. The lowest BCUT2D eigenvalue weighted by atomic mass is 10.0. The van der Waals surface area contributed by atoms with Crippen molar-refractivity contribution in [3.05, 3.63) is 24.3 Å². The predicted octanol–water partition coefficient (Wildman–Crippen LogP) is 8.17. The van der Waals surface area contributed by atoms with Crippen molar-refractivity contribution in [2.75, 3.05) is 6.61 Å². The third-order valence-corrected chi connectivity index (χ3v) is 6.69. The molecule has 0 aromatic heterocycles. The van der Waals surface area contributed by atoms with Gasteiger partial charge in [0.25, 0.3) is 0 Å². The quantitative estimate of drug-likeness (QED) is 0.0840. The minimum atomic E-state index is -0.853. The third-order valence-electron chi connectivity index (χ3n) is 6.69. The Morgan fingerprint density at radius 3 is 1.66 bits per heavy atom. The van der Waals surface area contributed by atoms with E-state index in [9.17, 15) is 15.0 Å². The van der Waals surface area contributed by atoms with Gasteiger partial charge in [-0.15, -0.1) is 0 Å². The number of aliphatic hydroxyl groups excluding tert-OH is 2. The van der Waals surface area contributed by atoms with Crippen LogP contribution < -0.4 is 5.32 Å². The second-order valence-corrected chi connectivity index (χ2v) is 10.2. The van der Waals surface area contributed by atoms with E-state index in [0.29, 0.717) is 6.42 Å². The van der Waals surface area contributed by atoms with Gasteiger partial charge in [0.15, 0.2) is 0 Å². The van der Waals surface area contributed by atoms with Crippen molar-refractivity contribution in [2.45, 2.75) is 161 Å². The lowest BCUT2D eigenvalue weighted by Gasteiger charge is -2.19. The summed E-state index contributed by atoms with van der Waals surface area (Å²) in [5.74, 6) is -0.0783. The zero-order valence-corrected chi connectivity index (χ0v) is 23.3. The lowest BCUT2D eigenvalue weighted by molar-refractivity contribution is -0.123. The molecular weight excluding hydrogens is 434 g/mol. The normalized spacial score (nSPS) is 13.6. The summed E-state index contributed by atoms with van der Waals surface area (Å²) in [7, 11) is 0. The van der Waals surface area contributed by atoms with Gasteiger partial charge in [0.1, 0.15) is 0 Å². The molecule has 206 valence electrons. The molecule has 0 radical (unpaired) electrons. The molecule has 0 aromatic carbocycles. The summed E-state index contributed by atoms with van der Waals surface area (Å²) in [4.78, 5) is 12.2. The van der Waals surface area contributed by atoms with Crippen LogP contribution in [0.25, 0.3) is 0 Å². The first-order valence-electron chi connectivity index (χ1n) is 15.1. The summed E-state index contributed by atoms with van der Waals surface area (Å²) in [6.45, 7) is 4.22.